The van der Waals surface area contributed by atoms with Gasteiger partial charge in [-0.05, 0) is 12.8 Å². The third kappa shape index (κ3) is 5.23. The molecule has 0 saturated carbocycles. The summed E-state index contributed by atoms with van der Waals surface area (Å²) in [5.41, 5.74) is 0. The van der Waals surface area contributed by atoms with Gasteiger partial charge in [0, 0.05) is 20.2 Å². The topological polar surface area (TPSA) is 57.6 Å². The van der Waals surface area contributed by atoms with Gasteiger partial charge in [0.1, 0.15) is 0 Å². The van der Waals surface area contributed by atoms with Gasteiger partial charge in [-0.1, -0.05) is 13.3 Å². The second kappa shape index (κ2) is 6.34. The molecule has 0 aromatic rings. The molecule has 4 nitrogen and oxygen atoms in total. The average Bonchev–Trinajstić information content (AvgIpc) is 2.10. The molecule has 0 aromatic heterocycles. The molecule has 0 rings (SSSR count). The van der Waals surface area contributed by atoms with Crippen molar-refractivity contribution in [3.05, 3.63) is 0 Å². The Morgan fingerprint density at radius 1 is 1.31 bits per heavy atom. The molecule has 1 N–H and O–H groups in total. The molecular weight excluding hydrogens is 190 g/mol. The highest BCUT2D eigenvalue weighted by molar-refractivity contribution is 7.89. The number of nitrogens with zero attached hydrogens (tertiary/aromatic N) is 1. The van der Waals surface area contributed by atoms with Crippen molar-refractivity contribution in [3.63, 3.8) is 0 Å². The SMILES string of the molecule is CCCCN(C)S(=O)(=O)CCCO. The molecule has 5 heteroatoms. The minimum absolute atomic E-state index is 0.0454. The molecule has 0 heterocycles. The molecule has 0 amide bonds. The van der Waals surface area contributed by atoms with Crippen molar-refractivity contribution in [2.45, 2.75) is 26.2 Å². The van der Waals surface area contributed by atoms with E-state index in [1.165, 1.54) is 4.31 Å². The fraction of sp³-hybridized carbons (Fsp3) is 1.00. The minimum Gasteiger partial charge on any atom is -0.396 e. The molecule has 0 aliphatic rings. The lowest BCUT2D eigenvalue weighted by molar-refractivity contribution is 0.294. The molecule has 13 heavy (non-hydrogen) atoms. The second-order valence-electron chi connectivity index (χ2n) is 3.07. The summed E-state index contributed by atoms with van der Waals surface area (Å²) < 4.78 is 24.2. The molecule has 0 unspecified atom stereocenters. The Morgan fingerprint density at radius 3 is 2.38 bits per heavy atom. The zero-order valence-corrected chi connectivity index (χ0v) is 9.18. The van der Waals surface area contributed by atoms with E-state index < -0.39 is 10.0 Å². The average molecular weight is 209 g/mol. The summed E-state index contributed by atoms with van der Waals surface area (Å²) in [5, 5.41) is 8.50. The predicted octanol–water partition coefficient (Wildman–Crippen LogP) is 0.431. The highest BCUT2D eigenvalue weighted by atomic mass is 32.2. The van der Waals surface area contributed by atoms with E-state index in [1.54, 1.807) is 7.05 Å². The lowest BCUT2D eigenvalue weighted by atomic mass is 10.3. The highest BCUT2D eigenvalue weighted by Gasteiger charge is 2.15. The van der Waals surface area contributed by atoms with Gasteiger partial charge in [0.15, 0.2) is 0 Å². The first-order chi connectivity index (χ1) is 6.04. The van der Waals surface area contributed by atoms with Gasteiger partial charge in [0.25, 0.3) is 0 Å². The number of sulfonamides is 1. The Hall–Kier alpha value is -0.130. The van der Waals surface area contributed by atoms with Gasteiger partial charge < -0.3 is 5.11 Å². The van der Waals surface area contributed by atoms with Crippen LogP contribution in [0.3, 0.4) is 0 Å². The van der Waals surface area contributed by atoms with Crippen LogP contribution in [0.2, 0.25) is 0 Å². The van der Waals surface area contributed by atoms with E-state index in [0.717, 1.165) is 12.8 Å². The summed E-state index contributed by atoms with van der Waals surface area (Å²) in [6, 6.07) is 0. The maximum absolute atomic E-state index is 11.4. The molecule has 0 fully saturated rings. The quantitative estimate of drug-likeness (QED) is 0.661. The van der Waals surface area contributed by atoms with Gasteiger partial charge in [-0.15, -0.1) is 0 Å². The Bertz CT molecular complexity index is 213. The van der Waals surface area contributed by atoms with E-state index >= 15 is 0 Å². The monoisotopic (exact) mass is 209 g/mol. The Labute approximate surface area is 80.6 Å². The Balaban J connectivity index is 3.96. The summed E-state index contributed by atoms with van der Waals surface area (Å²) in [5.74, 6) is 0.0454. The summed E-state index contributed by atoms with van der Waals surface area (Å²) >= 11 is 0. The third-order valence-corrected chi connectivity index (χ3v) is 3.80. The molecule has 0 bridgehead atoms. The van der Waals surface area contributed by atoms with Gasteiger partial charge in [-0.25, -0.2) is 12.7 Å². The second-order valence-corrected chi connectivity index (χ2v) is 5.26. The molecule has 0 saturated heterocycles. The molecule has 0 spiro atoms. The number of unbranched alkanes of at least 4 members (excludes halogenated alkanes) is 1. The summed E-state index contributed by atoms with van der Waals surface area (Å²) in [6.07, 6.45) is 2.19. The van der Waals surface area contributed by atoms with Crippen LogP contribution in [0.25, 0.3) is 0 Å². The molecule has 0 aliphatic carbocycles. The van der Waals surface area contributed by atoms with E-state index in [0.29, 0.717) is 13.0 Å². The highest BCUT2D eigenvalue weighted by Crippen LogP contribution is 2.02. The van der Waals surface area contributed by atoms with Crippen LogP contribution in [0, 0.1) is 0 Å². The first-order valence-electron chi connectivity index (χ1n) is 4.59. The summed E-state index contributed by atoms with van der Waals surface area (Å²) in [7, 11) is -1.54. The Morgan fingerprint density at radius 2 is 1.92 bits per heavy atom. The van der Waals surface area contributed by atoms with Gasteiger partial charge in [-0.2, -0.15) is 0 Å². The first-order valence-corrected chi connectivity index (χ1v) is 6.20. The largest absolute Gasteiger partial charge is 0.396 e. The molecule has 0 aromatic carbocycles. The lowest BCUT2D eigenvalue weighted by Crippen LogP contribution is -2.30. The number of aliphatic hydroxyl groups is 1. The van der Waals surface area contributed by atoms with E-state index in [1.807, 2.05) is 6.92 Å². The van der Waals surface area contributed by atoms with Crippen LogP contribution in [0.4, 0.5) is 0 Å². The van der Waals surface area contributed by atoms with Crippen molar-refractivity contribution in [2.75, 3.05) is 26.0 Å². The van der Waals surface area contributed by atoms with E-state index in [9.17, 15) is 8.42 Å². The van der Waals surface area contributed by atoms with E-state index in [2.05, 4.69) is 0 Å². The molecule has 0 aliphatic heterocycles. The molecule has 80 valence electrons. The standard InChI is InChI=1S/C8H19NO3S/c1-3-4-6-9(2)13(11,12)8-5-7-10/h10H,3-8H2,1-2H3. The predicted molar refractivity (Wildman–Crippen MR) is 53.0 cm³/mol. The first kappa shape index (κ1) is 12.9. The zero-order chi connectivity index (χ0) is 10.3. The normalized spacial score (nSPS) is 12.3. The van der Waals surface area contributed by atoms with Crippen LogP contribution in [0.5, 0.6) is 0 Å². The zero-order valence-electron chi connectivity index (χ0n) is 8.36. The lowest BCUT2D eigenvalue weighted by Gasteiger charge is -2.15. The summed E-state index contributed by atoms with van der Waals surface area (Å²) in [4.78, 5) is 0. The number of hydrogen-bond acceptors (Lipinski definition) is 3. The third-order valence-electron chi connectivity index (χ3n) is 1.86. The number of aliphatic hydroxyl groups excluding tert-OH is 1. The number of rotatable bonds is 7. The number of hydrogen-bond donors (Lipinski definition) is 1. The summed E-state index contributed by atoms with van der Waals surface area (Å²) in [6.45, 7) is 2.53. The van der Waals surface area contributed by atoms with Crippen LogP contribution >= 0.6 is 0 Å². The van der Waals surface area contributed by atoms with Crippen LogP contribution in [-0.2, 0) is 10.0 Å². The van der Waals surface area contributed by atoms with Crippen molar-refractivity contribution in [1.82, 2.24) is 4.31 Å². The maximum Gasteiger partial charge on any atom is 0.213 e. The molecule has 0 atom stereocenters. The van der Waals surface area contributed by atoms with Crippen molar-refractivity contribution in [1.29, 1.82) is 0 Å². The van der Waals surface area contributed by atoms with E-state index in [-0.39, 0.29) is 12.4 Å². The van der Waals surface area contributed by atoms with Crippen molar-refractivity contribution < 1.29 is 13.5 Å². The van der Waals surface area contributed by atoms with Crippen LogP contribution in [0.15, 0.2) is 0 Å². The van der Waals surface area contributed by atoms with Crippen molar-refractivity contribution in [2.24, 2.45) is 0 Å². The smallest absolute Gasteiger partial charge is 0.213 e. The van der Waals surface area contributed by atoms with Gasteiger partial charge in [-0.3, -0.25) is 0 Å². The van der Waals surface area contributed by atoms with E-state index in [4.69, 9.17) is 5.11 Å². The van der Waals surface area contributed by atoms with Gasteiger partial charge in [0.05, 0.1) is 5.75 Å². The maximum atomic E-state index is 11.4. The van der Waals surface area contributed by atoms with Crippen LogP contribution in [0.1, 0.15) is 26.2 Å². The van der Waals surface area contributed by atoms with Gasteiger partial charge in [0.2, 0.25) is 10.0 Å². The molecule has 0 radical (unpaired) electrons. The van der Waals surface area contributed by atoms with Crippen molar-refractivity contribution >= 4 is 10.0 Å². The molecular formula is C8H19NO3S. The van der Waals surface area contributed by atoms with Crippen LogP contribution < -0.4 is 0 Å². The fourth-order valence-corrected chi connectivity index (χ4v) is 2.14. The fourth-order valence-electron chi connectivity index (χ4n) is 0.923. The minimum atomic E-state index is -3.12. The van der Waals surface area contributed by atoms with Crippen LogP contribution in [-0.4, -0.2) is 43.8 Å². The Kier molecular flexibility index (Phi) is 6.28. The van der Waals surface area contributed by atoms with Crippen molar-refractivity contribution in [3.8, 4) is 0 Å². The van der Waals surface area contributed by atoms with Gasteiger partial charge >= 0.3 is 0 Å².